The Labute approximate surface area is 79.0 Å². The fourth-order valence-electron chi connectivity index (χ4n) is 0.828. The third kappa shape index (κ3) is 2.40. The smallest absolute Gasteiger partial charge is 0.335 e. The monoisotopic (exact) mass is 195 g/mol. The number of nitrogens with zero attached hydrogens (tertiary/aromatic N) is 3. The van der Waals surface area contributed by atoms with Gasteiger partial charge in [-0.15, -0.1) is 12.6 Å². The van der Waals surface area contributed by atoms with Gasteiger partial charge < -0.3 is 5.11 Å². The first-order chi connectivity index (χ1) is 6.13. The number of thiol groups is 1. The first-order valence-electron chi connectivity index (χ1n) is 3.26. The average molecular weight is 195 g/mol. The van der Waals surface area contributed by atoms with Crippen molar-refractivity contribution in [1.82, 2.24) is 0 Å². The van der Waals surface area contributed by atoms with Crippen molar-refractivity contribution >= 4 is 24.3 Å². The second-order valence-corrected chi connectivity index (χ2v) is 2.75. The molecule has 0 bridgehead atoms. The summed E-state index contributed by atoms with van der Waals surface area (Å²) in [7, 11) is 0. The van der Waals surface area contributed by atoms with E-state index in [0.29, 0.717) is 4.90 Å². The van der Waals surface area contributed by atoms with E-state index in [1.165, 1.54) is 18.2 Å². The van der Waals surface area contributed by atoms with Crippen LogP contribution in [0.15, 0.2) is 28.2 Å². The predicted octanol–water partition coefficient (Wildman–Crippen LogP) is 2.62. The molecule has 66 valence electrons. The number of carboxylic acids is 1. The van der Waals surface area contributed by atoms with Crippen molar-refractivity contribution in [2.24, 2.45) is 5.11 Å². The summed E-state index contributed by atoms with van der Waals surface area (Å²) >= 11 is 3.96. The molecule has 6 heteroatoms. The highest BCUT2D eigenvalue weighted by atomic mass is 32.1. The minimum Gasteiger partial charge on any atom is -0.478 e. The van der Waals surface area contributed by atoms with Crippen LogP contribution in [-0.4, -0.2) is 11.1 Å². The molecule has 0 atom stereocenters. The van der Waals surface area contributed by atoms with E-state index in [-0.39, 0.29) is 11.3 Å². The highest BCUT2D eigenvalue weighted by Gasteiger charge is 2.04. The van der Waals surface area contributed by atoms with Crippen LogP contribution >= 0.6 is 12.6 Å². The van der Waals surface area contributed by atoms with Crippen molar-refractivity contribution in [2.75, 3.05) is 0 Å². The maximum atomic E-state index is 10.5. The molecule has 1 rings (SSSR count). The van der Waals surface area contributed by atoms with Gasteiger partial charge in [-0.2, -0.15) is 0 Å². The number of rotatable bonds is 2. The van der Waals surface area contributed by atoms with Crippen LogP contribution in [-0.2, 0) is 0 Å². The van der Waals surface area contributed by atoms with Crippen molar-refractivity contribution in [1.29, 1.82) is 0 Å². The fraction of sp³-hybridized carbons (Fsp3) is 0. The topological polar surface area (TPSA) is 86.1 Å². The Bertz CT molecular complexity index is 378. The summed E-state index contributed by atoms with van der Waals surface area (Å²) in [5.74, 6) is -1.08. The van der Waals surface area contributed by atoms with E-state index < -0.39 is 5.97 Å². The molecule has 0 aliphatic heterocycles. The molecule has 0 heterocycles. The molecule has 0 unspecified atom stereocenters. The summed E-state index contributed by atoms with van der Waals surface area (Å²) in [6, 6.07) is 4.14. The van der Waals surface area contributed by atoms with Gasteiger partial charge in [-0.05, 0) is 23.7 Å². The van der Waals surface area contributed by atoms with E-state index in [1.807, 2.05) is 0 Å². The van der Waals surface area contributed by atoms with E-state index in [9.17, 15) is 4.79 Å². The minimum atomic E-state index is -1.08. The van der Waals surface area contributed by atoms with E-state index in [2.05, 4.69) is 22.7 Å². The molecule has 0 saturated carbocycles. The lowest BCUT2D eigenvalue weighted by molar-refractivity contribution is 0.0696. The Kier molecular flexibility index (Phi) is 2.79. The summed E-state index contributed by atoms with van der Waals surface area (Å²) in [5.41, 5.74) is 8.42. The van der Waals surface area contributed by atoms with Gasteiger partial charge in [0.25, 0.3) is 0 Å². The quantitative estimate of drug-likeness (QED) is 0.329. The Morgan fingerprint density at radius 1 is 1.54 bits per heavy atom. The SMILES string of the molecule is [N-]=[N+]=Nc1cc(S)cc(C(=O)O)c1. The lowest BCUT2D eigenvalue weighted by Crippen LogP contribution is -1.95. The molecule has 1 aromatic carbocycles. The van der Waals surface area contributed by atoms with Crippen LogP contribution < -0.4 is 0 Å². The van der Waals surface area contributed by atoms with Gasteiger partial charge in [0, 0.05) is 15.5 Å². The first-order valence-corrected chi connectivity index (χ1v) is 3.70. The van der Waals surface area contributed by atoms with Crippen LogP contribution in [0.3, 0.4) is 0 Å². The molecule has 13 heavy (non-hydrogen) atoms. The second kappa shape index (κ2) is 3.84. The lowest BCUT2D eigenvalue weighted by Gasteiger charge is -1.97. The van der Waals surface area contributed by atoms with Crippen LogP contribution in [0.25, 0.3) is 10.4 Å². The zero-order chi connectivity index (χ0) is 9.84. The van der Waals surface area contributed by atoms with Crippen LogP contribution in [0.2, 0.25) is 0 Å². The molecule has 0 aliphatic rings. The molecular formula is C7H5N3O2S. The van der Waals surface area contributed by atoms with E-state index in [4.69, 9.17) is 10.6 Å². The standard InChI is InChI=1S/C7H5N3O2S/c8-10-9-5-1-4(7(11)12)2-6(13)3-5/h1-3,13H,(H,11,12). The molecule has 1 aromatic rings. The highest BCUT2D eigenvalue weighted by molar-refractivity contribution is 7.80. The molecule has 1 N–H and O–H groups in total. The summed E-state index contributed by atoms with van der Waals surface area (Å²) in [6.07, 6.45) is 0. The Balaban J connectivity index is 3.26. The zero-order valence-corrected chi connectivity index (χ0v) is 7.27. The molecule has 5 nitrogen and oxygen atoms in total. The van der Waals surface area contributed by atoms with Crippen molar-refractivity contribution in [3.05, 3.63) is 34.2 Å². The largest absolute Gasteiger partial charge is 0.478 e. The Morgan fingerprint density at radius 3 is 2.77 bits per heavy atom. The number of hydrogen-bond acceptors (Lipinski definition) is 3. The van der Waals surface area contributed by atoms with Gasteiger partial charge in [0.2, 0.25) is 0 Å². The molecular weight excluding hydrogens is 190 g/mol. The van der Waals surface area contributed by atoms with Crippen molar-refractivity contribution < 1.29 is 9.90 Å². The van der Waals surface area contributed by atoms with Gasteiger partial charge in [0.1, 0.15) is 0 Å². The number of carbonyl (C=O) groups is 1. The molecule has 0 amide bonds. The van der Waals surface area contributed by atoms with E-state index in [0.717, 1.165) is 0 Å². The summed E-state index contributed by atoms with van der Waals surface area (Å²) in [6.45, 7) is 0. The van der Waals surface area contributed by atoms with Crippen LogP contribution in [0, 0.1) is 0 Å². The zero-order valence-electron chi connectivity index (χ0n) is 6.38. The number of hydrogen-bond donors (Lipinski definition) is 2. The minimum absolute atomic E-state index is 0.0508. The van der Waals surface area contributed by atoms with Gasteiger partial charge in [-0.3, -0.25) is 0 Å². The van der Waals surface area contributed by atoms with Gasteiger partial charge in [0.15, 0.2) is 0 Å². The summed E-state index contributed by atoms with van der Waals surface area (Å²) < 4.78 is 0. The van der Waals surface area contributed by atoms with Crippen LogP contribution in [0.4, 0.5) is 5.69 Å². The number of benzene rings is 1. The van der Waals surface area contributed by atoms with Gasteiger partial charge in [-0.1, -0.05) is 5.11 Å². The maximum Gasteiger partial charge on any atom is 0.335 e. The molecule has 0 saturated heterocycles. The van der Waals surface area contributed by atoms with Crippen molar-refractivity contribution in [2.45, 2.75) is 4.90 Å². The number of aromatic carboxylic acids is 1. The molecule has 0 fully saturated rings. The molecule has 0 spiro atoms. The molecule has 0 radical (unpaired) electrons. The lowest BCUT2D eigenvalue weighted by atomic mass is 10.2. The van der Waals surface area contributed by atoms with Gasteiger partial charge in [-0.25, -0.2) is 4.79 Å². The molecule has 0 aromatic heterocycles. The third-order valence-corrected chi connectivity index (χ3v) is 1.57. The van der Waals surface area contributed by atoms with E-state index >= 15 is 0 Å². The predicted molar refractivity (Wildman–Crippen MR) is 49.5 cm³/mol. The number of azide groups is 1. The van der Waals surface area contributed by atoms with E-state index in [1.54, 1.807) is 0 Å². The highest BCUT2D eigenvalue weighted by Crippen LogP contribution is 2.20. The third-order valence-electron chi connectivity index (χ3n) is 1.31. The second-order valence-electron chi connectivity index (χ2n) is 2.23. The number of carboxylic acid groups (broad SMARTS) is 1. The Morgan fingerprint density at radius 2 is 2.23 bits per heavy atom. The van der Waals surface area contributed by atoms with Crippen molar-refractivity contribution in [3.8, 4) is 0 Å². The normalized spacial score (nSPS) is 9.00. The molecule has 0 aliphatic carbocycles. The average Bonchev–Trinajstić information content (AvgIpc) is 2.03. The van der Waals surface area contributed by atoms with Crippen molar-refractivity contribution in [3.63, 3.8) is 0 Å². The summed E-state index contributed by atoms with van der Waals surface area (Å²) in [5, 5.41) is 11.9. The first kappa shape index (κ1) is 9.44. The summed E-state index contributed by atoms with van der Waals surface area (Å²) in [4.78, 5) is 13.5. The van der Waals surface area contributed by atoms with Crippen LogP contribution in [0.1, 0.15) is 10.4 Å². The Hall–Kier alpha value is -1.65. The maximum absolute atomic E-state index is 10.5. The van der Waals surface area contributed by atoms with Gasteiger partial charge >= 0.3 is 5.97 Å². The van der Waals surface area contributed by atoms with Gasteiger partial charge in [0.05, 0.1) is 5.56 Å². The fourth-order valence-corrected chi connectivity index (χ4v) is 1.10. The van der Waals surface area contributed by atoms with Crippen LogP contribution in [0.5, 0.6) is 0 Å².